The van der Waals surface area contributed by atoms with E-state index in [0.29, 0.717) is 11.4 Å². The second-order valence-corrected chi connectivity index (χ2v) is 6.13. The van der Waals surface area contributed by atoms with E-state index in [1.807, 2.05) is 30.3 Å². The molecule has 0 saturated heterocycles. The van der Waals surface area contributed by atoms with Crippen LogP contribution in [0.15, 0.2) is 71.6 Å². The van der Waals surface area contributed by atoms with Gasteiger partial charge in [0.05, 0.1) is 0 Å². The van der Waals surface area contributed by atoms with E-state index in [1.165, 1.54) is 12.1 Å². The minimum atomic E-state index is -3.91. The zero-order valence-electron chi connectivity index (χ0n) is 11.1. The first-order valence-electron chi connectivity index (χ1n) is 6.34. The third kappa shape index (κ3) is 2.68. The normalized spacial score (nSPS) is 11.4. The smallest absolute Gasteiger partial charge is 0.339 e. The number of hydrogen-bond acceptors (Lipinski definition) is 4. The van der Waals surface area contributed by atoms with E-state index in [4.69, 9.17) is 9.92 Å². The van der Waals surface area contributed by atoms with Gasteiger partial charge in [-0.25, -0.2) is 0 Å². The molecule has 0 fully saturated rings. The average molecular weight is 299 g/mol. The van der Waals surface area contributed by atoms with Crippen molar-refractivity contribution in [2.24, 2.45) is 0 Å². The van der Waals surface area contributed by atoms with Gasteiger partial charge in [0, 0.05) is 11.1 Å². The molecule has 2 N–H and O–H groups in total. The van der Waals surface area contributed by atoms with E-state index in [9.17, 15) is 8.42 Å². The molecular formula is C16H13NO3S. The van der Waals surface area contributed by atoms with Crippen molar-refractivity contribution in [3.05, 3.63) is 66.7 Å². The van der Waals surface area contributed by atoms with Gasteiger partial charge in [0.2, 0.25) is 0 Å². The second-order valence-electron chi connectivity index (χ2n) is 4.59. The fourth-order valence-electron chi connectivity index (χ4n) is 2.10. The Morgan fingerprint density at radius 3 is 2.38 bits per heavy atom. The van der Waals surface area contributed by atoms with E-state index in [1.54, 1.807) is 24.3 Å². The molecule has 106 valence electrons. The Bertz CT molecular complexity index is 899. The van der Waals surface area contributed by atoms with Gasteiger partial charge in [0.1, 0.15) is 4.90 Å². The molecule has 0 aliphatic heterocycles. The highest BCUT2D eigenvalue weighted by molar-refractivity contribution is 7.87. The molecule has 21 heavy (non-hydrogen) atoms. The lowest BCUT2D eigenvalue weighted by Crippen LogP contribution is -2.10. The van der Waals surface area contributed by atoms with Crippen molar-refractivity contribution >= 4 is 26.6 Å². The van der Waals surface area contributed by atoms with E-state index < -0.39 is 10.1 Å². The molecule has 0 bridgehead atoms. The lowest BCUT2D eigenvalue weighted by atomic mass is 10.1. The number of fused-ring (bicyclic) bond motifs is 1. The second kappa shape index (κ2) is 5.10. The molecule has 3 rings (SSSR count). The van der Waals surface area contributed by atoms with E-state index in [2.05, 4.69) is 0 Å². The standard InChI is InChI=1S/C16H13NO3S/c17-13-7-4-8-14(11-13)21(18,19)20-16-10-3-6-12-5-1-2-9-15(12)16/h1-11H,17H2. The van der Waals surface area contributed by atoms with Crippen molar-refractivity contribution in [2.75, 3.05) is 5.73 Å². The fraction of sp³-hybridized carbons (Fsp3) is 0. The Kier molecular flexibility index (Phi) is 3.27. The zero-order chi connectivity index (χ0) is 14.9. The first-order chi connectivity index (χ1) is 10.1. The highest BCUT2D eigenvalue weighted by Gasteiger charge is 2.18. The molecule has 0 aromatic heterocycles. The van der Waals surface area contributed by atoms with Gasteiger partial charge in [-0.2, -0.15) is 8.42 Å². The van der Waals surface area contributed by atoms with Gasteiger partial charge >= 0.3 is 10.1 Å². The first kappa shape index (κ1) is 13.5. The molecular weight excluding hydrogens is 286 g/mol. The number of anilines is 1. The molecule has 3 aromatic rings. The van der Waals surface area contributed by atoms with Crippen LogP contribution in [-0.2, 0) is 10.1 Å². The van der Waals surface area contributed by atoms with Gasteiger partial charge in [-0.05, 0) is 29.7 Å². The maximum absolute atomic E-state index is 12.3. The predicted octanol–water partition coefficient (Wildman–Crippen LogP) is 3.19. The highest BCUT2D eigenvalue weighted by atomic mass is 32.2. The van der Waals surface area contributed by atoms with Gasteiger partial charge in [-0.1, -0.05) is 42.5 Å². The van der Waals surface area contributed by atoms with Crippen molar-refractivity contribution in [2.45, 2.75) is 4.90 Å². The van der Waals surface area contributed by atoms with E-state index in [0.717, 1.165) is 10.8 Å². The summed E-state index contributed by atoms with van der Waals surface area (Å²) in [7, 11) is -3.91. The molecule has 0 aliphatic rings. The van der Waals surface area contributed by atoms with Crippen LogP contribution in [0.4, 0.5) is 5.69 Å². The number of benzene rings is 3. The van der Waals surface area contributed by atoms with Crippen LogP contribution in [0.1, 0.15) is 0 Å². The minimum Gasteiger partial charge on any atom is -0.399 e. The molecule has 4 nitrogen and oxygen atoms in total. The maximum atomic E-state index is 12.3. The van der Waals surface area contributed by atoms with Crippen molar-refractivity contribution in [1.82, 2.24) is 0 Å². The topological polar surface area (TPSA) is 69.4 Å². The third-order valence-corrected chi connectivity index (χ3v) is 4.33. The van der Waals surface area contributed by atoms with Crippen LogP contribution in [-0.4, -0.2) is 8.42 Å². The number of rotatable bonds is 3. The summed E-state index contributed by atoms with van der Waals surface area (Å²) in [5, 5.41) is 1.66. The Hall–Kier alpha value is -2.53. The third-order valence-electron chi connectivity index (χ3n) is 3.10. The van der Waals surface area contributed by atoms with Gasteiger partial charge in [0.15, 0.2) is 5.75 Å². The van der Waals surface area contributed by atoms with Gasteiger partial charge < -0.3 is 9.92 Å². The Morgan fingerprint density at radius 2 is 1.57 bits per heavy atom. The van der Waals surface area contributed by atoms with Crippen LogP contribution in [0.25, 0.3) is 10.8 Å². The summed E-state index contributed by atoms with van der Waals surface area (Å²) < 4.78 is 29.9. The van der Waals surface area contributed by atoms with Crippen LogP contribution in [0, 0.1) is 0 Å². The summed E-state index contributed by atoms with van der Waals surface area (Å²) in [4.78, 5) is 0.0374. The summed E-state index contributed by atoms with van der Waals surface area (Å²) in [6, 6.07) is 18.8. The monoisotopic (exact) mass is 299 g/mol. The molecule has 0 aliphatic carbocycles. The van der Waals surface area contributed by atoms with Crippen molar-refractivity contribution in [3.8, 4) is 5.75 Å². The van der Waals surface area contributed by atoms with E-state index >= 15 is 0 Å². The molecule has 0 heterocycles. The van der Waals surface area contributed by atoms with Crippen molar-refractivity contribution in [1.29, 1.82) is 0 Å². The fourth-order valence-corrected chi connectivity index (χ4v) is 3.11. The largest absolute Gasteiger partial charge is 0.399 e. The van der Waals surface area contributed by atoms with Crippen LogP contribution in [0.2, 0.25) is 0 Å². The maximum Gasteiger partial charge on any atom is 0.339 e. The molecule has 0 atom stereocenters. The lowest BCUT2D eigenvalue weighted by molar-refractivity contribution is 0.489. The lowest BCUT2D eigenvalue weighted by Gasteiger charge is -2.10. The Labute approximate surface area is 122 Å². The first-order valence-corrected chi connectivity index (χ1v) is 7.75. The van der Waals surface area contributed by atoms with Crippen LogP contribution in [0.3, 0.4) is 0 Å². The highest BCUT2D eigenvalue weighted by Crippen LogP contribution is 2.28. The predicted molar refractivity (Wildman–Crippen MR) is 82.6 cm³/mol. The Morgan fingerprint density at radius 1 is 0.857 bits per heavy atom. The SMILES string of the molecule is Nc1cccc(S(=O)(=O)Oc2cccc3ccccc23)c1. The van der Waals surface area contributed by atoms with Crippen LogP contribution < -0.4 is 9.92 Å². The molecule has 0 spiro atoms. The molecule has 0 unspecified atom stereocenters. The van der Waals surface area contributed by atoms with Gasteiger partial charge in [-0.3, -0.25) is 0 Å². The summed E-state index contributed by atoms with van der Waals surface area (Å²) in [6.45, 7) is 0. The number of hydrogen-bond donors (Lipinski definition) is 1. The molecule has 0 amide bonds. The van der Waals surface area contributed by atoms with Crippen molar-refractivity contribution in [3.63, 3.8) is 0 Å². The minimum absolute atomic E-state index is 0.0374. The van der Waals surface area contributed by atoms with Gasteiger partial charge in [-0.15, -0.1) is 0 Å². The van der Waals surface area contributed by atoms with Crippen LogP contribution in [0.5, 0.6) is 5.75 Å². The summed E-state index contributed by atoms with van der Waals surface area (Å²) in [5.74, 6) is 0.301. The van der Waals surface area contributed by atoms with Crippen molar-refractivity contribution < 1.29 is 12.6 Å². The van der Waals surface area contributed by atoms with E-state index in [-0.39, 0.29) is 4.90 Å². The van der Waals surface area contributed by atoms with Crippen LogP contribution >= 0.6 is 0 Å². The quantitative estimate of drug-likeness (QED) is 0.595. The summed E-state index contributed by atoms with van der Waals surface area (Å²) in [6.07, 6.45) is 0. The number of nitrogen functional groups attached to an aromatic ring is 1. The molecule has 0 radical (unpaired) electrons. The molecule has 3 aromatic carbocycles. The molecule has 5 heteroatoms. The summed E-state index contributed by atoms with van der Waals surface area (Å²) >= 11 is 0. The average Bonchev–Trinajstić information content (AvgIpc) is 2.47. The summed E-state index contributed by atoms with van der Waals surface area (Å²) in [5.41, 5.74) is 5.99. The molecule has 0 saturated carbocycles. The number of nitrogens with two attached hydrogens (primary N) is 1. The zero-order valence-corrected chi connectivity index (χ0v) is 11.9. The van der Waals surface area contributed by atoms with Gasteiger partial charge in [0.25, 0.3) is 0 Å². The Balaban J connectivity index is 2.06.